The number of carbonyl (C=O) groups is 2. The van der Waals surface area contributed by atoms with Crippen LogP contribution in [0.3, 0.4) is 0 Å². The Balaban J connectivity index is 2.00. The summed E-state index contributed by atoms with van der Waals surface area (Å²) in [6, 6.07) is 6.67. The number of hydrogen-bond donors (Lipinski definition) is 3. The van der Waals surface area contributed by atoms with Gasteiger partial charge in [0.05, 0.1) is 12.3 Å². The molecule has 2 rings (SSSR count). The summed E-state index contributed by atoms with van der Waals surface area (Å²) in [6.07, 6.45) is -0.559. The Morgan fingerprint density at radius 2 is 2.25 bits per heavy atom. The van der Waals surface area contributed by atoms with E-state index >= 15 is 0 Å². The van der Waals surface area contributed by atoms with E-state index in [1.54, 1.807) is 24.3 Å². The molecule has 108 valence electrons. The van der Waals surface area contributed by atoms with E-state index in [1.165, 1.54) is 0 Å². The monoisotopic (exact) mass is 280 g/mol. The van der Waals surface area contributed by atoms with Crippen LogP contribution in [0.5, 0.6) is 5.75 Å². The summed E-state index contributed by atoms with van der Waals surface area (Å²) in [5.41, 5.74) is 0.424. The van der Waals surface area contributed by atoms with Gasteiger partial charge in [-0.25, -0.2) is 4.79 Å². The van der Waals surface area contributed by atoms with Crippen molar-refractivity contribution in [1.29, 1.82) is 0 Å². The second-order valence-corrected chi connectivity index (χ2v) is 4.23. The van der Waals surface area contributed by atoms with Gasteiger partial charge in [-0.2, -0.15) is 0 Å². The summed E-state index contributed by atoms with van der Waals surface area (Å²) >= 11 is 0. The molecule has 7 nitrogen and oxygen atoms in total. The number of aliphatic carboxylic acids is 1. The first kappa shape index (κ1) is 14.3. The number of carbonyl (C=O) groups excluding carboxylic acids is 1. The Morgan fingerprint density at radius 3 is 2.95 bits per heavy atom. The number of rotatable bonds is 5. The molecule has 1 amide bonds. The van der Waals surface area contributed by atoms with Crippen LogP contribution in [-0.4, -0.2) is 49.4 Å². The SMILES string of the molecule is O=C(O)COc1ccccc1NC(=O)C1CNCCO1. The molecular formula is C13H16N2O5. The van der Waals surface area contributed by atoms with E-state index in [-0.39, 0.29) is 5.91 Å². The number of nitrogens with one attached hydrogen (secondary N) is 2. The number of anilines is 1. The topological polar surface area (TPSA) is 96.9 Å². The van der Waals surface area contributed by atoms with Crippen LogP contribution in [0.2, 0.25) is 0 Å². The molecule has 1 aromatic rings. The van der Waals surface area contributed by atoms with E-state index in [0.29, 0.717) is 24.6 Å². The minimum absolute atomic E-state index is 0.288. The van der Waals surface area contributed by atoms with Gasteiger partial charge in [-0.1, -0.05) is 12.1 Å². The van der Waals surface area contributed by atoms with Crippen molar-refractivity contribution < 1.29 is 24.2 Å². The molecule has 0 aromatic heterocycles. The summed E-state index contributed by atoms with van der Waals surface area (Å²) in [6.45, 7) is 1.19. The highest BCUT2D eigenvalue weighted by Gasteiger charge is 2.22. The van der Waals surface area contributed by atoms with Crippen LogP contribution in [0.4, 0.5) is 5.69 Å². The Morgan fingerprint density at radius 1 is 1.45 bits per heavy atom. The van der Waals surface area contributed by atoms with Crippen molar-refractivity contribution in [2.24, 2.45) is 0 Å². The van der Waals surface area contributed by atoms with Crippen LogP contribution in [0.25, 0.3) is 0 Å². The number of amides is 1. The average molecular weight is 280 g/mol. The molecule has 0 radical (unpaired) electrons. The molecule has 1 aliphatic rings. The van der Waals surface area contributed by atoms with Gasteiger partial charge in [-0.3, -0.25) is 4.79 Å². The van der Waals surface area contributed by atoms with E-state index < -0.39 is 18.7 Å². The second kappa shape index (κ2) is 6.88. The van der Waals surface area contributed by atoms with Crippen LogP contribution >= 0.6 is 0 Å². The average Bonchev–Trinajstić information content (AvgIpc) is 2.47. The highest BCUT2D eigenvalue weighted by Crippen LogP contribution is 2.24. The van der Waals surface area contributed by atoms with Crippen molar-refractivity contribution in [3.63, 3.8) is 0 Å². The third-order valence-corrected chi connectivity index (χ3v) is 2.72. The normalized spacial score (nSPS) is 18.3. The molecule has 1 fully saturated rings. The fraction of sp³-hybridized carbons (Fsp3) is 0.385. The van der Waals surface area contributed by atoms with Crippen LogP contribution in [0.15, 0.2) is 24.3 Å². The van der Waals surface area contributed by atoms with E-state index in [9.17, 15) is 9.59 Å². The molecule has 0 bridgehead atoms. The van der Waals surface area contributed by atoms with Crippen molar-refractivity contribution >= 4 is 17.6 Å². The van der Waals surface area contributed by atoms with E-state index in [2.05, 4.69) is 10.6 Å². The zero-order valence-corrected chi connectivity index (χ0v) is 10.8. The van der Waals surface area contributed by atoms with Crippen LogP contribution < -0.4 is 15.4 Å². The first-order valence-corrected chi connectivity index (χ1v) is 6.23. The highest BCUT2D eigenvalue weighted by molar-refractivity contribution is 5.95. The van der Waals surface area contributed by atoms with Crippen LogP contribution in [-0.2, 0) is 14.3 Å². The van der Waals surface area contributed by atoms with Crippen molar-refractivity contribution in [3.05, 3.63) is 24.3 Å². The maximum Gasteiger partial charge on any atom is 0.341 e. The van der Waals surface area contributed by atoms with Gasteiger partial charge in [-0.15, -0.1) is 0 Å². The minimum atomic E-state index is -1.08. The minimum Gasteiger partial charge on any atom is -0.480 e. The summed E-state index contributed by atoms with van der Waals surface area (Å²) in [4.78, 5) is 22.5. The number of morpholine rings is 1. The van der Waals surface area contributed by atoms with Crippen molar-refractivity contribution in [2.75, 3.05) is 31.6 Å². The van der Waals surface area contributed by atoms with Crippen LogP contribution in [0, 0.1) is 0 Å². The summed E-state index contributed by atoms with van der Waals surface area (Å²) in [5.74, 6) is -1.05. The van der Waals surface area contributed by atoms with Crippen molar-refractivity contribution in [3.8, 4) is 5.75 Å². The molecule has 3 N–H and O–H groups in total. The molecule has 1 unspecified atom stereocenters. The zero-order chi connectivity index (χ0) is 14.4. The lowest BCUT2D eigenvalue weighted by Gasteiger charge is -2.23. The van der Waals surface area contributed by atoms with Crippen molar-refractivity contribution in [1.82, 2.24) is 5.32 Å². The highest BCUT2D eigenvalue weighted by atomic mass is 16.5. The second-order valence-electron chi connectivity index (χ2n) is 4.23. The Kier molecular flexibility index (Phi) is 4.91. The predicted molar refractivity (Wildman–Crippen MR) is 70.8 cm³/mol. The smallest absolute Gasteiger partial charge is 0.341 e. The van der Waals surface area contributed by atoms with Crippen molar-refractivity contribution in [2.45, 2.75) is 6.10 Å². The van der Waals surface area contributed by atoms with Gasteiger partial charge >= 0.3 is 5.97 Å². The third-order valence-electron chi connectivity index (χ3n) is 2.72. The number of hydrogen-bond acceptors (Lipinski definition) is 5. The fourth-order valence-corrected chi connectivity index (χ4v) is 1.78. The standard InChI is InChI=1S/C13H16N2O5/c16-12(17)8-20-10-4-2-1-3-9(10)15-13(18)11-7-14-5-6-19-11/h1-4,11,14H,5-8H2,(H,15,18)(H,16,17). The van der Waals surface area contributed by atoms with Gasteiger partial charge in [0.2, 0.25) is 0 Å². The van der Waals surface area contributed by atoms with E-state index in [1.807, 2.05) is 0 Å². The maximum absolute atomic E-state index is 12.0. The number of carboxylic acids is 1. The molecule has 7 heteroatoms. The lowest BCUT2D eigenvalue weighted by atomic mass is 10.2. The molecule has 1 aliphatic heterocycles. The molecule has 0 aliphatic carbocycles. The largest absolute Gasteiger partial charge is 0.480 e. The summed E-state index contributed by atoms with van der Waals surface area (Å²) in [5, 5.41) is 14.4. The van der Waals surface area contributed by atoms with Gasteiger partial charge in [0, 0.05) is 13.1 Å². The molecule has 1 aromatic carbocycles. The fourth-order valence-electron chi connectivity index (χ4n) is 1.78. The Labute approximate surface area is 115 Å². The molecule has 1 atom stereocenters. The first-order chi connectivity index (χ1) is 9.66. The predicted octanol–water partition coefficient (Wildman–Crippen LogP) is 0.0769. The molecule has 1 saturated heterocycles. The molecule has 0 spiro atoms. The van der Waals surface area contributed by atoms with Gasteiger partial charge in [0.25, 0.3) is 5.91 Å². The first-order valence-electron chi connectivity index (χ1n) is 6.23. The van der Waals surface area contributed by atoms with Gasteiger partial charge < -0.3 is 25.2 Å². The molecular weight excluding hydrogens is 264 g/mol. The van der Waals surface area contributed by atoms with Gasteiger partial charge in [0.15, 0.2) is 6.61 Å². The number of ether oxygens (including phenoxy) is 2. The quantitative estimate of drug-likeness (QED) is 0.706. The Hall–Kier alpha value is -2.12. The van der Waals surface area contributed by atoms with Gasteiger partial charge in [0.1, 0.15) is 11.9 Å². The molecule has 0 saturated carbocycles. The third kappa shape index (κ3) is 3.94. The van der Waals surface area contributed by atoms with Gasteiger partial charge in [-0.05, 0) is 12.1 Å². The van der Waals surface area contributed by atoms with E-state index in [4.69, 9.17) is 14.6 Å². The maximum atomic E-state index is 12.0. The lowest BCUT2D eigenvalue weighted by molar-refractivity contribution is -0.139. The number of para-hydroxylation sites is 2. The Bertz CT molecular complexity index is 485. The number of carboxylic acid groups (broad SMARTS) is 1. The molecule has 20 heavy (non-hydrogen) atoms. The van der Waals surface area contributed by atoms with Crippen LogP contribution in [0.1, 0.15) is 0 Å². The lowest BCUT2D eigenvalue weighted by Crippen LogP contribution is -2.45. The molecule has 1 heterocycles. The summed E-state index contributed by atoms with van der Waals surface area (Å²) in [7, 11) is 0. The van der Waals surface area contributed by atoms with E-state index in [0.717, 1.165) is 6.54 Å². The number of benzene rings is 1. The summed E-state index contributed by atoms with van der Waals surface area (Å²) < 4.78 is 10.5. The zero-order valence-electron chi connectivity index (χ0n) is 10.8.